The molecule has 3 nitrogen and oxygen atoms in total. The predicted octanol–water partition coefficient (Wildman–Crippen LogP) is 0.451. The summed E-state index contributed by atoms with van der Waals surface area (Å²) >= 11 is 0. The second-order valence-electron chi connectivity index (χ2n) is 1.42. The second kappa shape index (κ2) is 1.94. The van der Waals surface area contributed by atoms with Crippen LogP contribution in [0.1, 0.15) is 0 Å². The second-order valence-corrected chi connectivity index (χ2v) is 1.42. The smallest absolute Gasteiger partial charge is 0.411 e. The lowest BCUT2D eigenvalue weighted by atomic mass is 10.4. The van der Waals surface area contributed by atoms with Crippen molar-refractivity contribution in [3.8, 4) is 12.3 Å². The van der Waals surface area contributed by atoms with E-state index in [1.807, 2.05) is 5.92 Å². The number of terminal acetylenes is 1. The summed E-state index contributed by atoms with van der Waals surface area (Å²) in [7, 11) is 0. The Morgan fingerprint density at radius 1 is 1.67 bits per heavy atom. The van der Waals surface area contributed by atoms with Gasteiger partial charge in [0, 0.05) is 0 Å². The van der Waals surface area contributed by atoms with Crippen LogP contribution in [0.2, 0.25) is 0 Å². The van der Waals surface area contributed by atoms with Crippen LogP contribution in [0.4, 0.5) is 9.18 Å². The van der Waals surface area contributed by atoms with Crippen LogP contribution in [0.15, 0.2) is 0 Å². The van der Waals surface area contributed by atoms with Gasteiger partial charge in [-0.25, -0.2) is 4.79 Å². The molecule has 1 fully saturated rings. The number of halogens is 1. The van der Waals surface area contributed by atoms with Gasteiger partial charge in [0.2, 0.25) is 6.10 Å². The first-order chi connectivity index (χ1) is 4.24. The molecule has 0 aromatic rings. The molecule has 48 valence electrons. The fraction of sp³-hybridized carbons (Fsp3) is 0.400. The Morgan fingerprint density at radius 2 is 2.33 bits per heavy atom. The van der Waals surface area contributed by atoms with Crippen molar-refractivity contribution in [2.24, 2.45) is 0 Å². The maximum atomic E-state index is 12.1. The molecular weight excluding hydrogens is 127 g/mol. The van der Waals surface area contributed by atoms with E-state index in [1.165, 1.54) is 0 Å². The summed E-state index contributed by atoms with van der Waals surface area (Å²) in [6.07, 6.45) is 0.716. The Hall–Kier alpha value is -1.24. The number of hydrogen-bond donors (Lipinski definition) is 0. The van der Waals surface area contributed by atoms with Gasteiger partial charge in [0.25, 0.3) is 6.36 Å². The molecular formula is C5H3FO3. The van der Waals surface area contributed by atoms with Crippen molar-refractivity contribution in [2.45, 2.75) is 12.5 Å². The highest BCUT2D eigenvalue weighted by Gasteiger charge is 2.34. The number of alkyl halides is 1. The van der Waals surface area contributed by atoms with Crippen molar-refractivity contribution >= 4 is 6.16 Å². The van der Waals surface area contributed by atoms with E-state index in [2.05, 4.69) is 9.47 Å². The van der Waals surface area contributed by atoms with Gasteiger partial charge in [-0.2, -0.15) is 4.39 Å². The van der Waals surface area contributed by atoms with Crippen molar-refractivity contribution in [1.82, 2.24) is 0 Å². The maximum absolute atomic E-state index is 12.1. The van der Waals surface area contributed by atoms with Crippen molar-refractivity contribution in [3.63, 3.8) is 0 Å². The van der Waals surface area contributed by atoms with Gasteiger partial charge in [-0.3, -0.25) is 0 Å². The summed E-state index contributed by atoms with van der Waals surface area (Å²) in [5.74, 6) is 1.90. The Kier molecular flexibility index (Phi) is 1.27. The number of ether oxygens (including phenoxy) is 2. The van der Waals surface area contributed by atoms with Gasteiger partial charge < -0.3 is 9.47 Å². The number of rotatable bonds is 0. The molecule has 1 saturated heterocycles. The molecule has 0 aliphatic carbocycles. The lowest BCUT2D eigenvalue weighted by molar-refractivity contribution is 0.0468. The maximum Gasteiger partial charge on any atom is 0.512 e. The molecule has 1 aliphatic rings. The molecule has 0 saturated carbocycles. The highest BCUT2D eigenvalue weighted by molar-refractivity contribution is 5.62. The van der Waals surface area contributed by atoms with E-state index in [9.17, 15) is 9.18 Å². The van der Waals surface area contributed by atoms with E-state index >= 15 is 0 Å². The molecule has 0 aromatic carbocycles. The summed E-state index contributed by atoms with van der Waals surface area (Å²) in [5.41, 5.74) is 0. The fourth-order valence-electron chi connectivity index (χ4n) is 0.448. The normalized spacial score (nSPS) is 32.7. The van der Waals surface area contributed by atoms with Crippen LogP contribution in [-0.2, 0) is 9.47 Å². The zero-order chi connectivity index (χ0) is 6.85. The van der Waals surface area contributed by atoms with Crippen LogP contribution in [0.25, 0.3) is 0 Å². The predicted molar refractivity (Wildman–Crippen MR) is 25.1 cm³/mol. The minimum atomic E-state index is -1.80. The lowest BCUT2D eigenvalue weighted by Gasteiger charge is -1.96. The average Bonchev–Trinajstić information content (AvgIpc) is 2.10. The molecule has 0 N–H and O–H groups in total. The van der Waals surface area contributed by atoms with Crippen molar-refractivity contribution < 1.29 is 18.7 Å². The molecule has 1 heterocycles. The van der Waals surface area contributed by atoms with Crippen LogP contribution in [0.5, 0.6) is 0 Å². The zero-order valence-corrected chi connectivity index (χ0v) is 4.33. The van der Waals surface area contributed by atoms with Crippen LogP contribution < -0.4 is 0 Å². The van der Waals surface area contributed by atoms with Gasteiger partial charge in [0.15, 0.2) is 0 Å². The topological polar surface area (TPSA) is 35.5 Å². The standard InChI is InChI=1S/C5H3FO3/c1-2-3-4(6)9-5(7)8-3/h1,3-4H. The van der Waals surface area contributed by atoms with Crippen molar-refractivity contribution in [2.75, 3.05) is 0 Å². The van der Waals surface area contributed by atoms with E-state index in [4.69, 9.17) is 6.42 Å². The van der Waals surface area contributed by atoms with E-state index in [0.717, 1.165) is 0 Å². The van der Waals surface area contributed by atoms with Crippen LogP contribution in [-0.4, -0.2) is 18.6 Å². The average molecular weight is 130 g/mol. The SMILES string of the molecule is C#CC1OC(=O)OC1F. The molecule has 9 heavy (non-hydrogen) atoms. The fourth-order valence-corrected chi connectivity index (χ4v) is 0.448. The third-order valence-electron chi connectivity index (χ3n) is 0.834. The van der Waals surface area contributed by atoms with Gasteiger partial charge in [-0.05, 0) is 0 Å². The molecule has 0 bridgehead atoms. The Balaban J connectivity index is 2.60. The van der Waals surface area contributed by atoms with Gasteiger partial charge in [-0.15, -0.1) is 6.42 Å². The first-order valence-electron chi connectivity index (χ1n) is 2.21. The number of carbonyl (C=O) groups is 1. The highest BCUT2D eigenvalue weighted by Crippen LogP contribution is 2.14. The van der Waals surface area contributed by atoms with Gasteiger partial charge in [-0.1, -0.05) is 5.92 Å². The van der Waals surface area contributed by atoms with Crippen LogP contribution >= 0.6 is 0 Å². The third kappa shape index (κ3) is 0.941. The minimum absolute atomic E-state index is 1.05. The van der Waals surface area contributed by atoms with Gasteiger partial charge in [0.05, 0.1) is 0 Å². The summed E-state index contributed by atoms with van der Waals surface area (Å²) in [5, 5.41) is 0. The number of carbonyl (C=O) groups excluding carboxylic acids is 1. The number of hydrogen-bond acceptors (Lipinski definition) is 3. The molecule has 0 radical (unpaired) electrons. The van der Waals surface area contributed by atoms with E-state index in [-0.39, 0.29) is 0 Å². The molecule has 0 spiro atoms. The van der Waals surface area contributed by atoms with Gasteiger partial charge >= 0.3 is 6.16 Å². The monoisotopic (exact) mass is 130 g/mol. The van der Waals surface area contributed by atoms with Crippen molar-refractivity contribution in [3.05, 3.63) is 0 Å². The summed E-state index contributed by atoms with van der Waals surface area (Å²) in [6.45, 7) is 0. The first kappa shape index (κ1) is 5.89. The summed E-state index contributed by atoms with van der Waals surface area (Å²) in [6, 6.07) is 0. The van der Waals surface area contributed by atoms with Crippen molar-refractivity contribution in [1.29, 1.82) is 0 Å². The number of cyclic esters (lactones) is 2. The third-order valence-corrected chi connectivity index (χ3v) is 0.834. The molecule has 1 aliphatic heterocycles. The molecule has 1 rings (SSSR count). The molecule has 2 atom stereocenters. The Morgan fingerprint density at radius 3 is 2.56 bits per heavy atom. The summed E-state index contributed by atoms with van der Waals surface area (Å²) < 4.78 is 20.2. The largest absolute Gasteiger partial charge is 0.512 e. The van der Waals surface area contributed by atoms with Crippen LogP contribution in [0.3, 0.4) is 0 Å². The zero-order valence-electron chi connectivity index (χ0n) is 4.33. The minimum Gasteiger partial charge on any atom is -0.411 e. The molecule has 4 heteroatoms. The van der Waals surface area contributed by atoms with E-state index in [1.54, 1.807) is 0 Å². The van der Waals surface area contributed by atoms with Gasteiger partial charge in [0.1, 0.15) is 0 Å². The van der Waals surface area contributed by atoms with E-state index < -0.39 is 18.6 Å². The lowest BCUT2D eigenvalue weighted by Crippen LogP contribution is -2.14. The molecule has 0 aromatic heterocycles. The Bertz CT molecular complexity index is 172. The molecule has 2 unspecified atom stereocenters. The first-order valence-corrected chi connectivity index (χ1v) is 2.21. The van der Waals surface area contributed by atoms with E-state index in [0.29, 0.717) is 0 Å². The molecule has 0 amide bonds. The Labute approximate surface area is 50.7 Å². The van der Waals surface area contributed by atoms with Crippen LogP contribution in [0, 0.1) is 12.3 Å². The summed E-state index contributed by atoms with van der Waals surface area (Å²) in [4.78, 5) is 10.0. The highest BCUT2D eigenvalue weighted by atomic mass is 19.1. The quantitative estimate of drug-likeness (QED) is 0.352.